The van der Waals surface area contributed by atoms with Crippen LogP contribution in [0.3, 0.4) is 0 Å². The lowest BCUT2D eigenvalue weighted by molar-refractivity contribution is -0.153. The van der Waals surface area contributed by atoms with Gasteiger partial charge in [-0.3, -0.25) is 4.79 Å². The first-order valence-corrected chi connectivity index (χ1v) is 7.10. The van der Waals surface area contributed by atoms with Crippen molar-refractivity contribution in [3.8, 4) is 5.75 Å². The highest BCUT2D eigenvalue weighted by atomic mass is 79.9. The molecule has 2 rings (SSSR count). The molecule has 0 aromatic heterocycles. The Morgan fingerprint density at radius 1 is 1.13 bits per heavy atom. The fourth-order valence-corrected chi connectivity index (χ4v) is 2.03. The van der Waals surface area contributed by atoms with Crippen LogP contribution in [0.15, 0.2) is 46.9 Å². The Kier molecular flexibility index (Phi) is 5.25. The molecule has 0 unspecified atom stereocenters. The number of ether oxygens (including phenoxy) is 1. The molecule has 2 aromatic rings. The molecule has 0 saturated heterocycles. The quantitative estimate of drug-likeness (QED) is 0.761. The van der Waals surface area contributed by atoms with Gasteiger partial charge in [-0.2, -0.15) is 13.2 Å². The average molecular weight is 392 g/mol. The number of carbonyl (C=O) groups excluding carboxylic acids is 1. The van der Waals surface area contributed by atoms with Gasteiger partial charge in [-0.15, -0.1) is 0 Å². The molecule has 0 heterocycles. The Hall–Kier alpha value is -2.09. The fraction of sp³-hybridized carbons (Fsp3) is 0.133. The maximum atomic E-state index is 13.6. The zero-order chi connectivity index (χ0) is 17.0. The van der Waals surface area contributed by atoms with Crippen LogP contribution in [-0.4, -0.2) is 18.7 Å². The molecule has 0 fully saturated rings. The van der Waals surface area contributed by atoms with Gasteiger partial charge in [0.1, 0.15) is 11.6 Å². The molecule has 0 aliphatic heterocycles. The van der Waals surface area contributed by atoms with Gasteiger partial charge >= 0.3 is 6.18 Å². The van der Waals surface area contributed by atoms with Crippen LogP contribution < -0.4 is 10.1 Å². The molecule has 1 N–H and O–H groups in total. The Bertz CT molecular complexity index is 702. The van der Waals surface area contributed by atoms with E-state index in [2.05, 4.69) is 26.0 Å². The first-order valence-electron chi connectivity index (χ1n) is 6.30. The molecule has 0 aliphatic carbocycles. The van der Waals surface area contributed by atoms with Crippen LogP contribution in [0.1, 0.15) is 10.4 Å². The van der Waals surface area contributed by atoms with Crippen LogP contribution in [0.2, 0.25) is 0 Å². The summed E-state index contributed by atoms with van der Waals surface area (Å²) in [5.41, 5.74) is 0.144. The van der Waals surface area contributed by atoms with E-state index in [9.17, 15) is 22.4 Å². The van der Waals surface area contributed by atoms with Gasteiger partial charge in [0.2, 0.25) is 0 Å². The molecule has 0 spiro atoms. The van der Waals surface area contributed by atoms with E-state index in [1.165, 1.54) is 36.4 Å². The van der Waals surface area contributed by atoms with Crippen LogP contribution in [0.4, 0.5) is 23.2 Å². The lowest BCUT2D eigenvalue weighted by Gasteiger charge is -2.10. The molecule has 1 amide bonds. The monoisotopic (exact) mass is 391 g/mol. The van der Waals surface area contributed by atoms with E-state index in [0.717, 1.165) is 6.07 Å². The van der Waals surface area contributed by atoms with Gasteiger partial charge in [0.05, 0.1) is 5.56 Å². The number of halogens is 5. The highest BCUT2D eigenvalue weighted by molar-refractivity contribution is 9.10. The van der Waals surface area contributed by atoms with E-state index in [1.54, 1.807) is 0 Å². The number of amides is 1. The van der Waals surface area contributed by atoms with Crippen LogP contribution in [0.5, 0.6) is 5.75 Å². The maximum Gasteiger partial charge on any atom is 0.422 e. The topological polar surface area (TPSA) is 38.3 Å². The second-order valence-corrected chi connectivity index (χ2v) is 5.42. The number of benzene rings is 2. The molecule has 122 valence electrons. The normalized spacial score (nSPS) is 11.2. The first kappa shape index (κ1) is 17.3. The Balaban J connectivity index is 2.03. The van der Waals surface area contributed by atoms with Crippen LogP contribution >= 0.6 is 15.9 Å². The van der Waals surface area contributed by atoms with Crippen molar-refractivity contribution in [2.75, 3.05) is 11.9 Å². The number of nitrogens with one attached hydrogen (secondary N) is 1. The summed E-state index contributed by atoms with van der Waals surface area (Å²) < 4.78 is 54.8. The number of hydrogen-bond acceptors (Lipinski definition) is 2. The van der Waals surface area contributed by atoms with E-state index in [0.29, 0.717) is 10.2 Å². The molecule has 0 bridgehead atoms. The summed E-state index contributed by atoms with van der Waals surface area (Å²) in [6, 6.07) is 9.20. The van der Waals surface area contributed by atoms with Gasteiger partial charge < -0.3 is 10.1 Å². The van der Waals surface area contributed by atoms with Gasteiger partial charge in [0.15, 0.2) is 6.61 Å². The molecule has 23 heavy (non-hydrogen) atoms. The lowest BCUT2D eigenvalue weighted by atomic mass is 10.2. The van der Waals surface area contributed by atoms with E-state index < -0.39 is 24.5 Å². The molecule has 0 saturated carbocycles. The zero-order valence-electron chi connectivity index (χ0n) is 11.5. The molecular formula is C15H10BrF4NO2. The van der Waals surface area contributed by atoms with Crippen LogP contribution in [-0.2, 0) is 0 Å². The molecule has 0 atom stereocenters. The van der Waals surface area contributed by atoms with Crippen molar-refractivity contribution in [3.05, 3.63) is 58.3 Å². The van der Waals surface area contributed by atoms with Crippen molar-refractivity contribution < 1.29 is 27.1 Å². The maximum absolute atomic E-state index is 13.6. The van der Waals surface area contributed by atoms with Crippen molar-refractivity contribution in [2.45, 2.75) is 6.18 Å². The third-order valence-corrected chi connectivity index (χ3v) is 3.18. The predicted octanol–water partition coefficient (Wildman–Crippen LogP) is 4.78. The number of rotatable bonds is 4. The molecule has 3 nitrogen and oxygen atoms in total. The van der Waals surface area contributed by atoms with Crippen molar-refractivity contribution in [1.29, 1.82) is 0 Å². The van der Waals surface area contributed by atoms with Gasteiger partial charge in [-0.05, 0) is 42.5 Å². The van der Waals surface area contributed by atoms with Crippen molar-refractivity contribution in [1.82, 2.24) is 0 Å². The van der Waals surface area contributed by atoms with Crippen molar-refractivity contribution >= 4 is 27.5 Å². The average Bonchev–Trinajstić information content (AvgIpc) is 2.48. The Morgan fingerprint density at radius 3 is 2.39 bits per heavy atom. The number of anilines is 1. The van der Waals surface area contributed by atoms with Crippen molar-refractivity contribution in [2.24, 2.45) is 0 Å². The van der Waals surface area contributed by atoms with Crippen LogP contribution in [0.25, 0.3) is 0 Å². The van der Waals surface area contributed by atoms with E-state index in [-0.39, 0.29) is 11.3 Å². The summed E-state index contributed by atoms with van der Waals surface area (Å²) in [5, 5.41) is 2.45. The first-order chi connectivity index (χ1) is 10.7. The van der Waals surface area contributed by atoms with Crippen molar-refractivity contribution in [3.63, 3.8) is 0 Å². The van der Waals surface area contributed by atoms with E-state index in [1.807, 2.05) is 0 Å². The van der Waals surface area contributed by atoms with E-state index in [4.69, 9.17) is 0 Å². The standard InChI is InChI=1S/C15H10BrF4NO2/c16-9-1-6-13(17)12(7-9)14(22)21-10-2-4-11(5-3-10)23-8-15(18,19)20/h1-7H,8H2,(H,21,22). The minimum absolute atomic E-state index is 0.00830. The van der Waals surface area contributed by atoms with Gasteiger partial charge in [0.25, 0.3) is 5.91 Å². The Labute approximate surface area is 137 Å². The summed E-state index contributed by atoms with van der Waals surface area (Å²) in [7, 11) is 0. The summed E-state index contributed by atoms with van der Waals surface area (Å²) in [4.78, 5) is 12.0. The third-order valence-electron chi connectivity index (χ3n) is 2.69. The number of hydrogen-bond donors (Lipinski definition) is 1. The summed E-state index contributed by atoms with van der Waals surface area (Å²) in [6.07, 6.45) is -4.43. The molecule has 0 radical (unpaired) electrons. The highest BCUT2D eigenvalue weighted by Crippen LogP contribution is 2.21. The molecule has 8 heteroatoms. The smallest absolute Gasteiger partial charge is 0.422 e. The molecule has 0 aliphatic rings. The Morgan fingerprint density at radius 2 is 1.78 bits per heavy atom. The summed E-state index contributed by atoms with van der Waals surface area (Å²) in [6.45, 7) is -1.40. The molecule has 2 aromatic carbocycles. The fourth-order valence-electron chi connectivity index (χ4n) is 1.67. The van der Waals surface area contributed by atoms with Gasteiger partial charge in [0, 0.05) is 10.2 Å². The summed E-state index contributed by atoms with van der Waals surface area (Å²) >= 11 is 3.14. The minimum Gasteiger partial charge on any atom is -0.484 e. The largest absolute Gasteiger partial charge is 0.484 e. The number of alkyl halides is 3. The van der Waals surface area contributed by atoms with Gasteiger partial charge in [-0.25, -0.2) is 4.39 Å². The minimum atomic E-state index is -4.43. The second-order valence-electron chi connectivity index (χ2n) is 4.51. The van der Waals surface area contributed by atoms with Gasteiger partial charge in [-0.1, -0.05) is 15.9 Å². The predicted molar refractivity (Wildman–Crippen MR) is 80.0 cm³/mol. The summed E-state index contributed by atoms with van der Waals surface area (Å²) in [5.74, 6) is -1.35. The SMILES string of the molecule is O=C(Nc1ccc(OCC(F)(F)F)cc1)c1cc(Br)ccc1F. The second kappa shape index (κ2) is 6.99. The zero-order valence-corrected chi connectivity index (χ0v) is 13.0. The lowest BCUT2D eigenvalue weighted by Crippen LogP contribution is -2.19. The number of carbonyl (C=O) groups is 1. The van der Waals surface area contributed by atoms with Crippen LogP contribution in [0, 0.1) is 5.82 Å². The third kappa shape index (κ3) is 5.24. The highest BCUT2D eigenvalue weighted by Gasteiger charge is 2.28. The molecular weight excluding hydrogens is 382 g/mol. The van der Waals surface area contributed by atoms with E-state index >= 15 is 0 Å².